The molecule has 0 fully saturated rings. The summed E-state index contributed by atoms with van der Waals surface area (Å²) in [5, 5.41) is 7.90. The predicted molar refractivity (Wildman–Crippen MR) is 102 cm³/mol. The SMILES string of the molecule is COC(C[NH2+]Cc1nc2c3c4c(sc3nc(C)n2n1)COC(C)(C)C4)OC. The van der Waals surface area contributed by atoms with E-state index in [1.54, 1.807) is 25.6 Å². The summed E-state index contributed by atoms with van der Waals surface area (Å²) >= 11 is 1.71. The molecule has 0 aromatic carbocycles. The first kappa shape index (κ1) is 18.7. The topological polar surface area (TPSA) is 87.4 Å². The Hall–Kier alpha value is -1.65. The number of thiophene rings is 1. The van der Waals surface area contributed by atoms with Crippen molar-refractivity contribution in [3.8, 4) is 0 Å². The van der Waals surface area contributed by atoms with E-state index in [9.17, 15) is 0 Å². The lowest BCUT2D eigenvalue weighted by Gasteiger charge is -2.30. The Labute approximate surface area is 161 Å². The molecule has 0 spiro atoms. The Morgan fingerprint density at radius 1 is 1.30 bits per heavy atom. The molecule has 4 heterocycles. The van der Waals surface area contributed by atoms with Crippen molar-refractivity contribution >= 4 is 27.2 Å². The normalized spacial score (nSPS) is 16.5. The van der Waals surface area contributed by atoms with Crippen LogP contribution in [0.1, 0.15) is 35.9 Å². The maximum atomic E-state index is 5.98. The van der Waals surface area contributed by atoms with E-state index >= 15 is 0 Å². The van der Waals surface area contributed by atoms with Crippen LogP contribution in [0.2, 0.25) is 0 Å². The van der Waals surface area contributed by atoms with Gasteiger partial charge in [0, 0.05) is 25.5 Å². The van der Waals surface area contributed by atoms with Gasteiger partial charge in [0.15, 0.2) is 5.65 Å². The van der Waals surface area contributed by atoms with Crippen LogP contribution >= 0.6 is 11.3 Å². The number of nitrogens with two attached hydrogens (primary N) is 1. The van der Waals surface area contributed by atoms with Crippen LogP contribution in [0.3, 0.4) is 0 Å². The number of quaternary nitrogens is 1. The van der Waals surface area contributed by atoms with E-state index in [0.29, 0.717) is 19.7 Å². The van der Waals surface area contributed by atoms with Crippen LogP contribution in [0.25, 0.3) is 15.9 Å². The van der Waals surface area contributed by atoms with Gasteiger partial charge in [-0.15, -0.1) is 16.4 Å². The zero-order valence-corrected chi connectivity index (χ0v) is 17.2. The van der Waals surface area contributed by atoms with Gasteiger partial charge >= 0.3 is 0 Å². The number of fused-ring (bicyclic) bond motifs is 5. The van der Waals surface area contributed by atoms with E-state index < -0.39 is 0 Å². The number of nitrogens with zero attached hydrogens (tertiary/aromatic N) is 4. The monoisotopic (exact) mass is 392 g/mol. The van der Waals surface area contributed by atoms with E-state index in [2.05, 4.69) is 24.3 Å². The minimum atomic E-state index is -0.233. The van der Waals surface area contributed by atoms with Gasteiger partial charge in [-0.25, -0.2) is 9.97 Å². The van der Waals surface area contributed by atoms with E-state index in [1.807, 2.05) is 11.4 Å². The highest BCUT2D eigenvalue weighted by Gasteiger charge is 2.31. The molecule has 1 aliphatic heterocycles. The average Bonchev–Trinajstić information content (AvgIpc) is 3.19. The third-order valence-electron chi connectivity index (χ3n) is 4.92. The molecule has 146 valence electrons. The van der Waals surface area contributed by atoms with Crippen LogP contribution in [0, 0.1) is 6.92 Å². The van der Waals surface area contributed by atoms with E-state index in [1.165, 1.54) is 10.4 Å². The Morgan fingerprint density at radius 2 is 2.07 bits per heavy atom. The summed E-state index contributed by atoms with van der Waals surface area (Å²) in [5.74, 6) is 1.63. The number of aromatic nitrogens is 4. The second-order valence-electron chi connectivity index (χ2n) is 7.46. The summed E-state index contributed by atoms with van der Waals surface area (Å²) in [7, 11) is 3.28. The molecule has 9 heteroatoms. The first-order valence-electron chi connectivity index (χ1n) is 9.09. The zero-order chi connectivity index (χ0) is 19.2. The van der Waals surface area contributed by atoms with Crippen molar-refractivity contribution in [2.45, 2.75) is 52.2 Å². The van der Waals surface area contributed by atoms with Gasteiger partial charge in [0.1, 0.15) is 23.7 Å². The number of hydrogen-bond acceptors (Lipinski definition) is 7. The summed E-state index contributed by atoms with van der Waals surface area (Å²) in [6.07, 6.45) is 0.628. The largest absolute Gasteiger partial charge is 0.370 e. The van der Waals surface area contributed by atoms with Gasteiger partial charge in [-0.05, 0) is 26.3 Å². The lowest BCUT2D eigenvalue weighted by Crippen LogP contribution is -2.85. The van der Waals surface area contributed by atoms with Crippen LogP contribution in [0.15, 0.2) is 0 Å². The van der Waals surface area contributed by atoms with Gasteiger partial charge in [-0.1, -0.05) is 0 Å². The fourth-order valence-electron chi connectivity index (χ4n) is 3.51. The van der Waals surface area contributed by atoms with Gasteiger partial charge in [0.25, 0.3) is 0 Å². The molecule has 0 unspecified atom stereocenters. The number of rotatable bonds is 6. The molecule has 8 nitrogen and oxygen atoms in total. The Bertz CT molecular complexity index is 977. The Balaban J connectivity index is 1.71. The summed E-state index contributed by atoms with van der Waals surface area (Å²) < 4.78 is 18.3. The van der Waals surface area contributed by atoms with Crippen molar-refractivity contribution < 1.29 is 19.5 Å². The molecule has 27 heavy (non-hydrogen) atoms. The van der Waals surface area contributed by atoms with Crippen molar-refractivity contribution in [3.63, 3.8) is 0 Å². The summed E-state index contributed by atoms with van der Waals surface area (Å²) in [4.78, 5) is 11.9. The van der Waals surface area contributed by atoms with Gasteiger partial charge in [-0.2, -0.15) is 4.52 Å². The zero-order valence-electron chi connectivity index (χ0n) is 16.4. The lowest BCUT2D eigenvalue weighted by atomic mass is 9.94. The minimum absolute atomic E-state index is 0.172. The van der Waals surface area contributed by atoms with Gasteiger partial charge in [-0.3, -0.25) is 0 Å². The molecule has 0 bridgehead atoms. The van der Waals surface area contributed by atoms with Crippen LogP contribution in [-0.2, 0) is 33.8 Å². The van der Waals surface area contributed by atoms with Crippen LogP contribution in [0.4, 0.5) is 0 Å². The predicted octanol–water partition coefficient (Wildman–Crippen LogP) is 1.18. The molecule has 0 atom stereocenters. The first-order valence-corrected chi connectivity index (χ1v) is 9.91. The maximum Gasteiger partial charge on any atom is 0.206 e. The molecule has 3 aromatic heterocycles. The molecule has 0 saturated heterocycles. The highest BCUT2D eigenvalue weighted by atomic mass is 32.1. The van der Waals surface area contributed by atoms with Gasteiger partial charge < -0.3 is 19.5 Å². The molecule has 0 aliphatic carbocycles. The molecule has 1 aliphatic rings. The van der Waals surface area contributed by atoms with Crippen molar-refractivity contribution in [3.05, 3.63) is 22.1 Å². The van der Waals surface area contributed by atoms with Crippen LogP contribution in [0.5, 0.6) is 0 Å². The second kappa shape index (κ2) is 7.06. The van der Waals surface area contributed by atoms with Crippen LogP contribution < -0.4 is 5.32 Å². The highest BCUT2D eigenvalue weighted by molar-refractivity contribution is 7.19. The van der Waals surface area contributed by atoms with Crippen molar-refractivity contribution in [2.75, 3.05) is 20.8 Å². The van der Waals surface area contributed by atoms with E-state index in [0.717, 1.165) is 33.9 Å². The Kier molecular flexibility index (Phi) is 4.89. The molecule has 4 rings (SSSR count). The number of aryl methyl sites for hydroxylation is 1. The summed E-state index contributed by atoms with van der Waals surface area (Å²) in [5.41, 5.74) is 2.03. The van der Waals surface area contributed by atoms with Gasteiger partial charge in [0.2, 0.25) is 12.1 Å². The summed E-state index contributed by atoms with van der Waals surface area (Å²) in [6.45, 7) is 8.22. The fourth-order valence-corrected chi connectivity index (χ4v) is 4.65. The third-order valence-corrected chi connectivity index (χ3v) is 6.02. The standard InChI is InChI=1S/C18H25N5O3S/c1-10-20-17-15(11-6-18(2,3)26-9-12(11)27-17)16-21-13(22-23(10)16)7-19-8-14(24-4)25-5/h14,19H,6-9H2,1-5H3/p+1. The summed E-state index contributed by atoms with van der Waals surface area (Å²) in [6, 6.07) is 0. The molecule has 2 N–H and O–H groups in total. The number of hydrogen-bond donors (Lipinski definition) is 1. The minimum Gasteiger partial charge on any atom is -0.370 e. The fraction of sp³-hybridized carbons (Fsp3) is 0.611. The molecule has 3 aromatic rings. The maximum absolute atomic E-state index is 5.98. The smallest absolute Gasteiger partial charge is 0.206 e. The Morgan fingerprint density at radius 3 is 2.81 bits per heavy atom. The molecule has 0 radical (unpaired) electrons. The van der Waals surface area contributed by atoms with Crippen molar-refractivity contribution in [1.82, 2.24) is 19.6 Å². The third kappa shape index (κ3) is 3.45. The van der Waals surface area contributed by atoms with Crippen molar-refractivity contribution in [2.24, 2.45) is 0 Å². The van der Waals surface area contributed by atoms with Crippen molar-refractivity contribution in [1.29, 1.82) is 0 Å². The number of methoxy groups -OCH3 is 2. The molecule has 0 saturated carbocycles. The van der Waals surface area contributed by atoms with Gasteiger partial charge in [0.05, 0.1) is 17.6 Å². The number of ether oxygens (including phenoxy) is 3. The average molecular weight is 393 g/mol. The lowest BCUT2D eigenvalue weighted by molar-refractivity contribution is -0.683. The molecular weight excluding hydrogens is 366 g/mol. The molecule has 0 amide bonds. The highest BCUT2D eigenvalue weighted by Crippen LogP contribution is 2.39. The molecular formula is C18H26N5O3S+. The van der Waals surface area contributed by atoms with E-state index in [-0.39, 0.29) is 11.9 Å². The van der Waals surface area contributed by atoms with Crippen LogP contribution in [-0.4, -0.2) is 52.2 Å². The van der Waals surface area contributed by atoms with E-state index in [4.69, 9.17) is 24.2 Å². The second-order valence-corrected chi connectivity index (χ2v) is 8.54. The quantitative estimate of drug-likeness (QED) is 0.634. The first-order chi connectivity index (χ1) is 12.9.